The number of fused-ring (bicyclic) bond motifs is 3. The van der Waals surface area contributed by atoms with E-state index in [0.717, 1.165) is 62.2 Å². The molecule has 30 heavy (non-hydrogen) atoms. The van der Waals surface area contributed by atoms with Gasteiger partial charge in [0.05, 0.1) is 18.2 Å². The summed E-state index contributed by atoms with van der Waals surface area (Å²) in [6.45, 7) is 5.70. The van der Waals surface area contributed by atoms with Crippen LogP contribution in [0.25, 0.3) is 0 Å². The van der Waals surface area contributed by atoms with E-state index in [1.54, 1.807) is 18.5 Å². The summed E-state index contributed by atoms with van der Waals surface area (Å²) in [5.74, 6) is 1.84. The summed E-state index contributed by atoms with van der Waals surface area (Å²) in [6, 6.07) is 6.49. The van der Waals surface area contributed by atoms with Crippen molar-refractivity contribution in [2.75, 3.05) is 51.2 Å². The number of benzene rings is 1. The molecule has 0 aliphatic carbocycles. The minimum Gasteiger partial charge on any atom is -0.511 e. The first kappa shape index (κ1) is 19.7. The number of piperazine rings is 1. The van der Waals surface area contributed by atoms with Crippen molar-refractivity contribution in [1.82, 2.24) is 9.80 Å². The minimum absolute atomic E-state index is 0.139. The molecule has 1 unspecified atom stereocenters. The van der Waals surface area contributed by atoms with E-state index in [1.807, 2.05) is 6.08 Å². The second kappa shape index (κ2) is 8.14. The summed E-state index contributed by atoms with van der Waals surface area (Å²) in [5, 5.41) is 10.8. The Morgan fingerprint density at radius 1 is 1.20 bits per heavy atom. The molecule has 0 amide bonds. The number of aliphatic hydroxyl groups is 1. The fourth-order valence-electron chi connectivity index (χ4n) is 4.20. The highest BCUT2D eigenvalue weighted by Crippen LogP contribution is 2.34. The molecular weight excluding hydrogens is 491 g/mol. The molecule has 1 saturated heterocycles. The van der Waals surface area contributed by atoms with Crippen LogP contribution in [0.5, 0.6) is 0 Å². The van der Waals surface area contributed by atoms with Gasteiger partial charge in [-0.1, -0.05) is 28.7 Å². The minimum atomic E-state index is -0.139. The number of rotatable bonds is 3. The number of alkyl halides is 1. The van der Waals surface area contributed by atoms with E-state index in [2.05, 4.69) is 67.5 Å². The van der Waals surface area contributed by atoms with Crippen LogP contribution in [0.15, 0.2) is 57.3 Å². The number of anilines is 1. The van der Waals surface area contributed by atoms with Gasteiger partial charge in [0.25, 0.3) is 0 Å². The molecule has 1 aromatic carbocycles. The van der Waals surface area contributed by atoms with Gasteiger partial charge < -0.3 is 19.8 Å². The third kappa shape index (κ3) is 3.66. The quantitative estimate of drug-likeness (QED) is 0.381. The van der Waals surface area contributed by atoms with Crippen molar-refractivity contribution in [3.05, 3.63) is 47.9 Å². The molecule has 0 bridgehead atoms. The molecule has 156 valence electrons. The molecule has 5 rings (SSSR count). The van der Waals surface area contributed by atoms with Gasteiger partial charge in [0.2, 0.25) is 0 Å². The van der Waals surface area contributed by atoms with E-state index in [4.69, 9.17) is 9.98 Å². The third-order valence-corrected chi connectivity index (χ3v) is 7.20. The molecule has 4 aliphatic heterocycles. The second-order valence-corrected chi connectivity index (χ2v) is 9.44. The highest BCUT2D eigenvalue weighted by atomic mass is 127. The Morgan fingerprint density at radius 2 is 2.03 bits per heavy atom. The average molecular weight is 516 g/mol. The molecule has 1 fully saturated rings. The molecule has 4 aliphatic rings. The molecule has 0 radical (unpaired) electrons. The number of aliphatic imine (C=N–C) groups is 3. The van der Waals surface area contributed by atoms with Crippen molar-refractivity contribution in [3.8, 4) is 0 Å². The number of hydrogen-bond donors (Lipinski definition) is 1. The van der Waals surface area contributed by atoms with Crippen LogP contribution in [-0.2, 0) is 0 Å². The number of halogens is 1. The standard InChI is InChI=1S/C22H25IN6O/c1-27-8-10-28(11-9-27)15-2-3-16-19(12-15)26-21(29-7-6-25-22(16)29)13-20(30)17-14-24-5-4-18(17)23/h2-5,12-14,17-18,30H,6-11H2,1H3/b20-13-/t17?,18-/m0/s1. The number of allylic oxidation sites excluding steroid dienone is 2. The lowest BCUT2D eigenvalue weighted by molar-refractivity contribution is 0.313. The fourth-order valence-corrected chi connectivity index (χ4v) is 4.94. The second-order valence-electron chi connectivity index (χ2n) is 8.00. The Kier molecular flexibility index (Phi) is 5.36. The molecule has 1 N–H and O–H groups in total. The molecule has 2 atom stereocenters. The van der Waals surface area contributed by atoms with Crippen LogP contribution >= 0.6 is 22.6 Å². The van der Waals surface area contributed by atoms with Gasteiger partial charge in [-0.25, -0.2) is 4.99 Å². The lowest BCUT2D eigenvalue weighted by Crippen LogP contribution is -2.44. The first-order valence-corrected chi connectivity index (χ1v) is 11.6. The fraction of sp³-hybridized carbons (Fsp3) is 0.409. The molecule has 1 aromatic rings. The first-order chi connectivity index (χ1) is 14.6. The summed E-state index contributed by atoms with van der Waals surface area (Å²) in [4.78, 5) is 20.7. The molecular formula is C22H25IN6O. The largest absolute Gasteiger partial charge is 0.511 e. The van der Waals surface area contributed by atoms with Crippen molar-refractivity contribution in [2.45, 2.75) is 3.92 Å². The first-order valence-electron chi connectivity index (χ1n) is 10.3. The molecule has 8 heteroatoms. The van der Waals surface area contributed by atoms with Crippen LogP contribution in [-0.4, -0.2) is 83.0 Å². The maximum Gasteiger partial charge on any atom is 0.138 e. The topological polar surface area (TPSA) is 67.0 Å². The predicted octanol–water partition coefficient (Wildman–Crippen LogP) is 3.00. The molecule has 0 aromatic heterocycles. The molecule has 4 heterocycles. The van der Waals surface area contributed by atoms with Gasteiger partial charge in [0, 0.05) is 66.4 Å². The number of hydrogen-bond acceptors (Lipinski definition) is 7. The highest BCUT2D eigenvalue weighted by molar-refractivity contribution is 14.1. The van der Waals surface area contributed by atoms with Crippen LogP contribution in [0.1, 0.15) is 5.56 Å². The Morgan fingerprint density at radius 3 is 2.83 bits per heavy atom. The van der Waals surface area contributed by atoms with Gasteiger partial charge in [0.1, 0.15) is 17.4 Å². The number of likely N-dealkylation sites (N-methyl/N-ethyl adjacent to an activating group) is 1. The third-order valence-electron chi connectivity index (χ3n) is 6.01. The van der Waals surface area contributed by atoms with Gasteiger partial charge >= 0.3 is 0 Å². The van der Waals surface area contributed by atoms with Crippen molar-refractivity contribution in [1.29, 1.82) is 0 Å². The van der Waals surface area contributed by atoms with Crippen molar-refractivity contribution in [3.63, 3.8) is 0 Å². The van der Waals surface area contributed by atoms with Crippen LogP contribution < -0.4 is 4.90 Å². The maximum atomic E-state index is 10.8. The van der Waals surface area contributed by atoms with Gasteiger partial charge in [-0.05, 0) is 25.2 Å². The van der Waals surface area contributed by atoms with E-state index in [-0.39, 0.29) is 15.6 Å². The zero-order valence-electron chi connectivity index (χ0n) is 16.9. The Labute approximate surface area is 190 Å². The van der Waals surface area contributed by atoms with E-state index < -0.39 is 0 Å². The maximum absolute atomic E-state index is 10.8. The summed E-state index contributed by atoms with van der Waals surface area (Å²) >= 11 is 2.32. The van der Waals surface area contributed by atoms with Crippen molar-refractivity contribution in [2.24, 2.45) is 20.9 Å². The van der Waals surface area contributed by atoms with Gasteiger partial charge in [-0.2, -0.15) is 0 Å². The van der Waals surface area contributed by atoms with Gasteiger partial charge in [0.15, 0.2) is 0 Å². The monoisotopic (exact) mass is 516 g/mol. The highest BCUT2D eigenvalue weighted by Gasteiger charge is 2.30. The normalized spacial score (nSPS) is 26.4. The average Bonchev–Trinajstić information content (AvgIpc) is 3.25. The lowest BCUT2D eigenvalue weighted by atomic mass is 10.0. The van der Waals surface area contributed by atoms with Crippen LogP contribution in [0, 0.1) is 5.92 Å². The van der Waals surface area contributed by atoms with Crippen LogP contribution in [0.2, 0.25) is 0 Å². The predicted molar refractivity (Wildman–Crippen MR) is 131 cm³/mol. The zero-order valence-corrected chi connectivity index (χ0v) is 19.1. The molecule has 0 saturated carbocycles. The van der Waals surface area contributed by atoms with Crippen molar-refractivity contribution >= 4 is 51.9 Å². The van der Waals surface area contributed by atoms with Gasteiger partial charge in [-0.3, -0.25) is 9.98 Å². The van der Waals surface area contributed by atoms with E-state index in [1.165, 1.54) is 5.69 Å². The van der Waals surface area contributed by atoms with Crippen LogP contribution in [0.3, 0.4) is 0 Å². The number of amidine groups is 2. The molecule has 7 nitrogen and oxygen atoms in total. The Bertz CT molecular complexity index is 989. The SMILES string of the molecule is CN1CCN(c2ccc3c(c2)N=C(/C=C(\O)C2C=NC=C[C@@H]2I)N2CCN=C32)CC1. The Hall–Kier alpha value is -2.20. The summed E-state index contributed by atoms with van der Waals surface area (Å²) in [5.41, 5.74) is 3.18. The summed E-state index contributed by atoms with van der Waals surface area (Å²) < 4.78 is 0.170. The smallest absolute Gasteiger partial charge is 0.138 e. The van der Waals surface area contributed by atoms with E-state index in [9.17, 15) is 5.11 Å². The van der Waals surface area contributed by atoms with Crippen molar-refractivity contribution < 1.29 is 5.11 Å². The van der Waals surface area contributed by atoms with Crippen LogP contribution in [0.4, 0.5) is 11.4 Å². The summed E-state index contributed by atoms with van der Waals surface area (Å²) in [7, 11) is 2.17. The summed E-state index contributed by atoms with van der Waals surface area (Å²) in [6.07, 6.45) is 7.36. The lowest BCUT2D eigenvalue weighted by Gasteiger charge is -2.34. The van der Waals surface area contributed by atoms with E-state index in [0.29, 0.717) is 0 Å². The number of nitrogens with zero attached hydrogens (tertiary/aromatic N) is 6. The molecule has 0 spiro atoms. The zero-order chi connectivity index (χ0) is 20.7. The van der Waals surface area contributed by atoms with Gasteiger partial charge in [-0.15, -0.1) is 0 Å². The Balaban J connectivity index is 1.49. The van der Waals surface area contributed by atoms with E-state index >= 15 is 0 Å². The number of aliphatic hydroxyl groups excluding tert-OH is 1.